The average Bonchev–Trinajstić information content (AvgIpc) is 1.89. The number of aliphatic hydroxyl groups is 1. The highest BCUT2D eigenvalue weighted by atomic mass is 35.5. The predicted octanol–water partition coefficient (Wildman–Crippen LogP) is -0.223. The third-order valence-electron chi connectivity index (χ3n) is 1.69. The summed E-state index contributed by atoms with van der Waals surface area (Å²) in [5.74, 6) is 0. The topological polar surface area (TPSA) is 41.5 Å². The first-order valence-corrected chi connectivity index (χ1v) is 3.26. The second kappa shape index (κ2) is 4.91. The first kappa shape index (κ1) is 10.2. The van der Waals surface area contributed by atoms with Crippen LogP contribution in [0.2, 0.25) is 0 Å². The van der Waals surface area contributed by atoms with Gasteiger partial charge in [-0.15, -0.1) is 12.4 Å². The van der Waals surface area contributed by atoms with E-state index in [1.165, 1.54) is 0 Å². The van der Waals surface area contributed by atoms with Crippen LogP contribution in [0.3, 0.4) is 0 Å². The number of aliphatic hydroxyl groups excluding tert-OH is 1. The van der Waals surface area contributed by atoms with Crippen molar-refractivity contribution in [2.24, 2.45) is 0 Å². The van der Waals surface area contributed by atoms with Gasteiger partial charge in [0, 0.05) is 13.7 Å². The molecule has 0 unspecified atom stereocenters. The van der Waals surface area contributed by atoms with Crippen molar-refractivity contribution >= 4 is 12.4 Å². The Morgan fingerprint density at radius 2 is 2.30 bits per heavy atom. The summed E-state index contributed by atoms with van der Waals surface area (Å²) in [5, 5.41) is 12.3. The average molecular weight is 168 g/mol. The molecule has 10 heavy (non-hydrogen) atoms. The molecule has 2 atom stereocenters. The number of hydrogen-bond acceptors (Lipinski definition) is 3. The molecule has 0 saturated carbocycles. The van der Waals surface area contributed by atoms with E-state index in [0.717, 1.165) is 19.5 Å². The number of nitrogens with one attached hydrogen (secondary N) is 1. The maximum Gasteiger partial charge on any atom is 0.0954 e. The Labute approximate surface area is 67.2 Å². The monoisotopic (exact) mass is 167 g/mol. The zero-order chi connectivity index (χ0) is 6.69. The van der Waals surface area contributed by atoms with Crippen LogP contribution in [-0.2, 0) is 4.74 Å². The van der Waals surface area contributed by atoms with Crippen LogP contribution in [0.15, 0.2) is 0 Å². The molecule has 1 rings (SSSR count). The van der Waals surface area contributed by atoms with Crippen LogP contribution in [-0.4, -0.2) is 37.5 Å². The van der Waals surface area contributed by atoms with Gasteiger partial charge in [0.2, 0.25) is 0 Å². The maximum atomic E-state index is 9.20. The van der Waals surface area contributed by atoms with Gasteiger partial charge in [-0.3, -0.25) is 0 Å². The van der Waals surface area contributed by atoms with Crippen LogP contribution in [0.25, 0.3) is 0 Å². The molecule has 1 aliphatic heterocycles. The molecule has 0 amide bonds. The molecule has 1 saturated heterocycles. The smallest absolute Gasteiger partial charge is 0.0954 e. The second-order valence-corrected chi connectivity index (χ2v) is 2.33. The van der Waals surface area contributed by atoms with Crippen molar-refractivity contribution in [2.45, 2.75) is 18.6 Å². The van der Waals surface area contributed by atoms with Gasteiger partial charge in [0.15, 0.2) is 0 Å². The van der Waals surface area contributed by atoms with E-state index in [2.05, 4.69) is 5.32 Å². The molecule has 4 heteroatoms. The lowest BCUT2D eigenvalue weighted by molar-refractivity contribution is -0.0273. The van der Waals surface area contributed by atoms with Gasteiger partial charge in [0.1, 0.15) is 0 Å². The minimum absolute atomic E-state index is 0. The Balaban J connectivity index is 0.000000810. The fourth-order valence-corrected chi connectivity index (χ4v) is 1.06. The second-order valence-electron chi connectivity index (χ2n) is 2.33. The summed E-state index contributed by atoms with van der Waals surface area (Å²) in [6.07, 6.45) is 0.536. The van der Waals surface area contributed by atoms with Gasteiger partial charge < -0.3 is 15.2 Å². The summed E-state index contributed by atoms with van der Waals surface area (Å²) in [6.45, 7) is 1.68. The standard InChI is InChI=1S/C6H13NO2.ClH/c1-9-6-4-7-3-2-5(6)8;/h5-8H,2-4H2,1H3;1H/t5-,6+;/m0./s1. The van der Waals surface area contributed by atoms with E-state index in [1.807, 2.05) is 0 Å². The van der Waals surface area contributed by atoms with E-state index in [4.69, 9.17) is 4.74 Å². The Morgan fingerprint density at radius 3 is 2.70 bits per heavy atom. The largest absolute Gasteiger partial charge is 0.390 e. The molecule has 0 bridgehead atoms. The van der Waals surface area contributed by atoms with Crippen LogP contribution in [0.1, 0.15) is 6.42 Å². The predicted molar refractivity (Wildman–Crippen MR) is 41.5 cm³/mol. The molecule has 0 spiro atoms. The van der Waals surface area contributed by atoms with Crippen molar-refractivity contribution < 1.29 is 9.84 Å². The Hall–Kier alpha value is 0.170. The van der Waals surface area contributed by atoms with Crippen LogP contribution in [0, 0.1) is 0 Å². The normalized spacial score (nSPS) is 33.0. The molecule has 0 aromatic heterocycles. The summed E-state index contributed by atoms with van der Waals surface area (Å²) in [4.78, 5) is 0. The third kappa shape index (κ3) is 2.42. The number of ether oxygens (including phenoxy) is 1. The molecule has 2 N–H and O–H groups in total. The van der Waals surface area contributed by atoms with Gasteiger partial charge >= 0.3 is 0 Å². The zero-order valence-electron chi connectivity index (χ0n) is 6.04. The summed E-state index contributed by atoms with van der Waals surface area (Å²) in [6, 6.07) is 0. The van der Waals surface area contributed by atoms with Crippen molar-refractivity contribution in [3.8, 4) is 0 Å². The van der Waals surface area contributed by atoms with E-state index in [0.29, 0.717) is 0 Å². The van der Waals surface area contributed by atoms with E-state index < -0.39 is 0 Å². The summed E-state index contributed by atoms with van der Waals surface area (Å²) in [5.41, 5.74) is 0. The van der Waals surface area contributed by atoms with Gasteiger partial charge in [-0.05, 0) is 13.0 Å². The van der Waals surface area contributed by atoms with Crippen molar-refractivity contribution in [1.82, 2.24) is 5.32 Å². The molecule has 0 aliphatic carbocycles. The van der Waals surface area contributed by atoms with Crippen LogP contribution < -0.4 is 5.32 Å². The first-order valence-electron chi connectivity index (χ1n) is 3.26. The van der Waals surface area contributed by atoms with E-state index >= 15 is 0 Å². The summed E-state index contributed by atoms with van der Waals surface area (Å²) < 4.78 is 4.99. The molecular formula is C6H14ClNO2. The highest BCUT2D eigenvalue weighted by Crippen LogP contribution is 2.05. The molecule has 62 valence electrons. The highest BCUT2D eigenvalue weighted by Gasteiger charge is 2.21. The lowest BCUT2D eigenvalue weighted by Gasteiger charge is -2.26. The molecule has 1 aliphatic rings. The number of hydrogen-bond donors (Lipinski definition) is 2. The third-order valence-corrected chi connectivity index (χ3v) is 1.69. The molecule has 3 nitrogen and oxygen atoms in total. The molecule has 0 radical (unpaired) electrons. The summed E-state index contributed by atoms with van der Waals surface area (Å²) in [7, 11) is 1.63. The van der Waals surface area contributed by atoms with E-state index in [9.17, 15) is 5.11 Å². The Kier molecular flexibility index (Phi) is 4.99. The first-order chi connectivity index (χ1) is 4.34. The highest BCUT2D eigenvalue weighted by molar-refractivity contribution is 5.85. The lowest BCUT2D eigenvalue weighted by Crippen LogP contribution is -2.44. The van der Waals surface area contributed by atoms with E-state index in [-0.39, 0.29) is 24.6 Å². The minimum Gasteiger partial charge on any atom is -0.390 e. The van der Waals surface area contributed by atoms with Gasteiger partial charge in [-0.2, -0.15) is 0 Å². The molecule has 1 heterocycles. The van der Waals surface area contributed by atoms with Crippen molar-refractivity contribution in [1.29, 1.82) is 0 Å². The summed E-state index contributed by atoms with van der Waals surface area (Å²) >= 11 is 0. The number of piperidine rings is 1. The SMILES string of the molecule is CO[C@@H]1CNCC[C@@H]1O.Cl. The van der Waals surface area contributed by atoms with Gasteiger partial charge in [0.05, 0.1) is 12.2 Å². The quantitative estimate of drug-likeness (QED) is 0.568. The lowest BCUT2D eigenvalue weighted by atomic mass is 10.1. The van der Waals surface area contributed by atoms with E-state index in [1.54, 1.807) is 7.11 Å². The Bertz CT molecular complexity index is 91.8. The number of methoxy groups -OCH3 is 1. The van der Waals surface area contributed by atoms with Gasteiger partial charge in [-0.25, -0.2) is 0 Å². The van der Waals surface area contributed by atoms with Gasteiger partial charge in [0.25, 0.3) is 0 Å². The van der Waals surface area contributed by atoms with Crippen molar-refractivity contribution in [3.63, 3.8) is 0 Å². The molecule has 0 aromatic rings. The van der Waals surface area contributed by atoms with Crippen LogP contribution >= 0.6 is 12.4 Å². The maximum absolute atomic E-state index is 9.20. The van der Waals surface area contributed by atoms with Crippen LogP contribution in [0.5, 0.6) is 0 Å². The molecular weight excluding hydrogens is 154 g/mol. The molecule has 0 aromatic carbocycles. The van der Waals surface area contributed by atoms with Gasteiger partial charge in [-0.1, -0.05) is 0 Å². The zero-order valence-corrected chi connectivity index (χ0v) is 6.86. The molecule has 1 fully saturated rings. The Morgan fingerprint density at radius 1 is 1.60 bits per heavy atom. The fourth-order valence-electron chi connectivity index (χ4n) is 1.06. The minimum atomic E-state index is -0.267. The number of halogens is 1. The van der Waals surface area contributed by atoms with Crippen molar-refractivity contribution in [3.05, 3.63) is 0 Å². The fraction of sp³-hybridized carbons (Fsp3) is 1.00. The number of rotatable bonds is 1. The van der Waals surface area contributed by atoms with Crippen molar-refractivity contribution in [2.75, 3.05) is 20.2 Å². The van der Waals surface area contributed by atoms with Crippen LogP contribution in [0.4, 0.5) is 0 Å².